The standard InChI is InChI=1S/C10H21Br/c1-4-6-9(3)10(5-2)7-8-11/h9-10H,4-8H2,1-3H3/t9-,10+/m0/s1. The van der Waals surface area contributed by atoms with E-state index in [1.165, 1.54) is 31.0 Å². The van der Waals surface area contributed by atoms with Crippen LogP contribution in [-0.4, -0.2) is 5.33 Å². The zero-order chi connectivity index (χ0) is 8.69. The van der Waals surface area contributed by atoms with Gasteiger partial charge < -0.3 is 0 Å². The van der Waals surface area contributed by atoms with Crippen LogP contribution in [0.1, 0.15) is 46.5 Å². The van der Waals surface area contributed by atoms with E-state index in [-0.39, 0.29) is 0 Å². The van der Waals surface area contributed by atoms with Crippen LogP contribution in [0.4, 0.5) is 0 Å². The van der Waals surface area contributed by atoms with Crippen LogP contribution in [0.15, 0.2) is 0 Å². The Hall–Kier alpha value is 0.480. The van der Waals surface area contributed by atoms with E-state index in [9.17, 15) is 0 Å². The molecule has 0 rings (SSSR count). The highest BCUT2D eigenvalue weighted by Crippen LogP contribution is 2.23. The minimum absolute atomic E-state index is 0.919. The Morgan fingerprint density at radius 3 is 2.18 bits per heavy atom. The zero-order valence-electron chi connectivity index (χ0n) is 8.07. The van der Waals surface area contributed by atoms with Crippen LogP contribution in [0.2, 0.25) is 0 Å². The minimum atomic E-state index is 0.919. The molecular weight excluding hydrogens is 200 g/mol. The van der Waals surface area contributed by atoms with Crippen LogP contribution in [0, 0.1) is 11.8 Å². The van der Waals surface area contributed by atoms with Gasteiger partial charge in [-0.25, -0.2) is 0 Å². The third-order valence-electron chi connectivity index (χ3n) is 2.55. The highest BCUT2D eigenvalue weighted by Gasteiger charge is 2.12. The lowest BCUT2D eigenvalue weighted by Crippen LogP contribution is -2.11. The second-order valence-electron chi connectivity index (χ2n) is 3.41. The molecule has 0 aliphatic heterocycles. The second kappa shape index (κ2) is 7.15. The number of rotatable bonds is 6. The molecule has 0 spiro atoms. The first-order valence-corrected chi connectivity index (χ1v) is 5.94. The third kappa shape index (κ3) is 4.84. The van der Waals surface area contributed by atoms with Crippen molar-refractivity contribution in [2.24, 2.45) is 11.8 Å². The third-order valence-corrected chi connectivity index (χ3v) is 3.01. The van der Waals surface area contributed by atoms with E-state index >= 15 is 0 Å². The van der Waals surface area contributed by atoms with E-state index in [4.69, 9.17) is 0 Å². The second-order valence-corrected chi connectivity index (χ2v) is 4.20. The maximum absolute atomic E-state index is 3.51. The van der Waals surface area contributed by atoms with E-state index in [0.29, 0.717) is 0 Å². The molecule has 0 fully saturated rings. The van der Waals surface area contributed by atoms with Crippen molar-refractivity contribution in [1.82, 2.24) is 0 Å². The molecule has 0 aliphatic carbocycles. The van der Waals surface area contributed by atoms with E-state index in [1.807, 2.05) is 0 Å². The molecule has 0 aromatic heterocycles. The Bertz CT molecular complexity index is 80.9. The van der Waals surface area contributed by atoms with Crippen molar-refractivity contribution < 1.29 is 0 Å². The summed E-state index contributed by atoms with van der Waals surface area (Å²) in [6, 6.07) is 0. The van der Waals surface area contributed by atoms with Crippen molar-refractivity contribution in [2.45, 2.75) is 46.5 Å². The van der Waals surface area contributed by atoms with Gasteiger partial charge in [0.1, 0.15) is 0 Å². The van der Waals surface area contributed by atoms with Gasteiger partial charge in [0.2, 0.25) is 0 Å². The lowest BCUT2D eigenvalue weighted by atomic mass is 9.86. The summed E-state index contributed by atoms with van der Waals surface area (Å²) >= 11 is 3.51. The van der Waals surface area contributed by atoms with Gasteiger partial charge >= 0.3 is 0 Å². The predicted octanol–water partition coefficient (Wildman–Crippen LogP) is 4.23. The molecule has 0 heterocycles. The molecule has 0 saturated heterocycles. The summed E-state index contributed by atoms with van der Waals surface area (Å²) in [6.45, 7) is 6.97. The van der Waals surface area contributed by atoms with Gasteiger partial charge in [0.25, 0.3) is 0 Å². The van der Waals surface area contributed by atoms with Crippen molar-refractivity contribution in [1.29, 1.82) is 0 Å². The van der Waals surface area contributed by atoms with Crippen LogP contribution < -0.4 is 0 Å². The summed E-state index contributed by atoms with van der Waals surface area (Å²) in [5, 5.41) is 1.17. The van der Waals surface area contributed by atoms with Gasteiger partial charge in [-0.2, -0.15) is 0 Å². The molecule has 0 saturated carbocycles. The van der Waals surface area contributed by atoms with Crippen molar-refractivity contribution in [3.63, 3.8) is 0 Å². The highest BCUT2D eigenvalue weighted by atomic mass is 79.9. The van der Waals surface area contributed by atoms with E-state index in [2.05, 4.69) is 36.7 Å². The van der Waals surface area contributed by atoms with Crippen molar-refractivity contribution in [3.8, 4) is 0 Å². The van der Waals surface area contributed by atoms with Crippen LogP contribution >= 0.6 is 15.9 Å². The predicted molar refractivity (Wildman–Crippen MR) is 56.3 cm³/mol. The van der Waals surface area contributed by atoms with Crippen LogP contribution in [-0.2, 0) is 0 Å². The van der Waals surface area contributed by atoms with Gasteiger partial charge in [0.15, 0.2) is 0 Å². The molecule has 0 aromatic rings. The van der Waals surface area contributed by atoms with Gasteiger partial charge in [-0.05, 0) is 18.3 Å². The first-order valence-electron chi connectivity index (χ1n) is 4.82. The zero-order valence-corrected chi connectivity index (χ0v) is 9.65. The fourth-order valence-corrected chi connectivity index (χ4v) is 2.31. The smallest absolute Gasteiger partial charge is 0.00340 e. The molecule has 2 atom stereocenters. The Morgan fingerprint density at radius 1 is 1.18 bits per heavy atom. The Balaban J connectivity index is 3.61. The maximum atomic E-state index is 3.51. The molecule has 0 N–H and O–H groups in total. The molecule has 0 aliphatic rings. The van der Waals surface area contributed by atoms with Crippen molar-refractivity contribution in [2.75, 3.05) is 5.33 Å². The van der Waals surface area contributed by atoms with Crippen LogP contribution in [0.5, 0.6) is 0 Å². The van der Waals surface area contributed by atoms with Crippen molar-refractivity contribution >= 4 is 15.9 Å². The highest BCUT2D eigenvalue weighted by molar-refractivity contribution is 9.09. The number of hydrogen-bond acceptors (Lipinski definition) is 0. The van der Waals surface area contributed by atoms with Crippen LogP contribution in [0.3, 0.4) is 0 Å². The quantitative estimate of drug-likeness (QED) is 0.588. The molecule has 11 heavy (non-hydrogen) atoms. The number of alkyl halides is 1. The summed E-state index contributed by atoms with van der Waals surface area (Å²) in [5.74, 6) is 1.86. The fraction of sp³-hybridized carbons (Fsp3) is 1.00. The normalized spacial score (nSPS) is 16.4. The van der Waals surface area contributed by atoms with Gasteiger partial charge in [-0.1, -0.05) is 56.0 Å². The lowest BCUT2D eigenvalue weighted by molar-refractivity contribution is 0.319. The van der Waals surface area contributed by atoms with Gasteiger partial charge in [-0.3, -0.25) is 0 Å². The average Bonchev–Trinajstić information content (AvgIpc) is 2.00. The molecule has 1 heteroatoms. The Labute approximate surface area is 79.9 Å². The Morgan fingerprint density at radius 2 is 1.82 bits per heavy atom. The largest absolute Gasteiger partial charge is 0.0928 e. The van der Waals surface area contributed by atoms with Gasteiger partial charge in [0.05, 0.1) is 0 Å². The first-order chi connectivity index (χ1) is 5.26. The van der Waals surface area contributed by atoms with Gasteiger partial charge in [-0.15, -0.1) is 0 Å². The number of hydrogen-bond donors (Lipinski definition) is 0. The van der Waals surface area contributed by atoms with E-state index in [0.717, 1.165) is 11.8 Å². The van der Waals surface area contributed by atoms with E-state index in [1.54, 1.807) is 0 Å². The lowest BCUT2D eigenvalue weighted by Gasteiger charge is -2.20. The van der Waals surface area contributed by atoms with Crippen LogP contribution in [0.25, 0.3) is 0 Å². The topological polar surface area (TPSA) is 0 Å². The first kappa shape index (κ1) is 11.5. The van der Waals surface area contributed by atoms with E-state index < -0.39 is 0 Å². The fourth-order valence-electron chi connectivity index (χ4n) is 1.72. The molecule has 0 nitrogen and oxygen atoms in total. The average molecular weight is 221 g/mol. The summed E-state index contributed by atoms with van der Waals surface area (Å²) in [6.07, 6.45) is 5.41. The van der Waals surface area contributed by atoms with Crippen molar-refractivity contribution in [3.05, 3.63) is 0 Å². The van der Waals surface area contributed by atoms with Gasteiger partial charge in [0, 0.05) is 5.33 Å². The molecule has 68 valence electrons. The molecular formula is C10H21Br. The summed E-state index contributed by atoms with van der Waals surface area (Å²) < 4.78 is 0. The monoisotopic (exact) mass is 220 g/mol. The minimum Gasteiger partial charge on any atom is -0.0928 e. The molecule has 0 bridgehead atoms. The molecule has 0 radical (unpaired) electrons. The SMILES string of the molecule is CCC[C@H](C)[C@H](CC)CCBr. The Kier molecular flexibility index (Phi) is 7.46. The molecule has 0 unspecified atom stereocenters. The summed E-state index contributed by atoms with van der Waals surface area (Å²) in [5.41, 5.74) is 0. The number of halogens is 1. The molecule has 0 aromatic carbocycles. The maximum Gasteiger partial charge on any atom is 0.00340 e. The molecule has 0 amide bonds. The summed E-state index contributed by atoms with van der Waals surface area (Å²) in [4.78, 5) is 0. The summed E-state index contributed by atoms with van der Waals surface area (Å²) in [7, 11) is 0.